The number of rotatable bonds is 5. The Morgan fingerprint density at radius 3 is 1.96 bits per heavy atom. The Bertz CT molecular complexity index is 779. The molecular weight excluding hydrogens is 369 g/mol. The van der Waals surface area contributed by atoms with Crippen LogP contribution in [0.3, 0.4) is 0 Å². The zero-order valence-corrected chi connectivity index (χ0v) is 15.2. The summed E-state index contributed by atoms with van der Waals surface area (Å²) in [4.78, 5) is 38.9. The van der Waals surface area contributed by atoms with Gasteiger partial charge in [-0.1, -0.05) is 0 Å². The number of fused-ring (bicyclic) bond motifs is 1. The van der Waals surface area contributed by atoms with Crippen molar-refractivity contribution < 1.29 is 14.4 Å². The normalized spacial score (nSPS) is 14.0. The van der Waals surface area contributed by atoms with Gasteiger partial charge in [-0.05, 0) is 0 Å². The van der Waals surface area contributed by atoms with E-state index in [4.69, 9.17) is 0 Å². The van der Waals surface area contributed by atoms with Gasteiger partial charge in [0.05, 0.1) is 0 Å². The predicted molar refractivity (Wildman–Crippen MR) is 92.5 cm³/mol. The second-order valence-corrected chi connectivity index (χ2v) is 8.64. The minimum atomic E-state index is -0.846. The van der Waals surface area contributed by atoms with Crippen molar-refractivity contribution in [1.82, 2.24) is 4.90 Å². The van der Waals surface area contributed by atoms with Crippen molar-refractivity contribution in [2.45, 2.75) is 25.8 Å². The molecule has 1 aliphatic rings. The van der Waals surface area contributed by atoms with Crippen LogP contribution in [0.2, 0.25) is 0 Å². The van der Waals surface area contributed by atoms with Gasteiger partial charge >= 0.3 is 147 Å². The Labute approximate surface area is 147 Å². The number of hydrogen-bond acceptors (Lipinski definition) is 3. The molecule has 2 aromatic rings. The molecule has 5 heteroatoms. The summed E-state index contributed by atoms with van der Waals surface area (Å²) < 4.78 is 1.06. The molecule has 0 fully saturated rings. The Hall–Kier alpha value is -2.23. The van der Waals surface area contributed by atoms with Gasteiger partial charge in [0, 0.05) is 0 Å². The van der Waals surface area contributed by atoms with Gasteiger partial charge in [0.15, 0.2) is 0 Å². The van der Waals surface area contributed by atoms with Crippen molar-refractivity contribution in [2.24, 2.45) is 0 Å². The number of hydrogen-bond donors (Lipinski definition) is 0. The number of amides is 2. The van der Waals surface area contributed by atoms with Crippen molar-refractivity contribution >= 4 is 35.9 Å². The maximum absolute atomic E-state index is 12.6. The van der Waals surface area contributed by atoms with Crippen LogP contribution in [0.25, 0.3) is 0 Å². The summed E-state index contributed by atoms with van der Waals surface area (Å²) in [6.07, 6.45) is 0.160. The molecule has 0 saturated heterocycles. The van der Waals surface area contributed by atoms with Crippen LogP contribution in [0.4, 0.5) is 0 Å². The molecule has 0 saturated carbocycles. The minimum absolute atomic E-state index is 0.0651. The summed E-state index contributed by atoms with van der Waals surface area (Å²) in [6, 6.07) is 16.4. The number of imide groups is 1. The molecule has 4 nitrogen and oxygen atoms in total. The van der Waals surface area contributed by atoms with Crippen LogP contribution in [-0.4, -0.2) is 41.9 Å². The van der Waals surface area contributed by atoms with E-state index in [-0.39, 0.29) is 37.9 Å². The van der Waals surface area contributed by atoms with Gasteiger partial charge in [0.1, 0.15) is 0 Å². The van der Waals surface area contributed by atoms with E-state index < -0.39 is 5.54 Å². The van der Waals surface area contributed by atoms with Crippen LogP contribution >= 0.6 is 0 Å². The fraction of sp³-hybridized carbons (Fsp3) is 0.211. The summed E-state index contributed by atoms with van der Waals surface area (Å²) in [5.74, 6) is -0.638. The first-order valence-corrected chi connectivity index (χ1v) is 9.35. The van der Waals surface area contributed by atoms with Gasteiger partial charge in [-0.2, -0.15) is 0 Å². The molecule has 1 aliphatic heterocycles. The van der Waals surface area contributed by atoms with E-state index in [9.17, 15) is 14.4 Å². The van der Waals surface area contributed by atoms with Gasteiger partial charge in [0.25, 0.3) is 0 Å². The second kappa shape index (κ2) is 6.34. The summed E-state index contributed by atoms with van der Waals surface area (Å²) in [5, 5.41) is 0. The molecule has 0 bridgehead atoms. The molecule has 0 N–H and O–H groups in total. The SMILES string of the molecule is CC(C)(CC(=O)[Se]c1ccccc1)N1C(=O)c2ccccc2C1=O. The average molecular weight is 386 g/mol. The molecule has 1 heterocycles. The molecule has 122 valence electrons. The predicted octanol–water partition coefficient (Wildman–Crippen LogP) is 2.01. The Kier molecular flexibility index (Phi) is 4.39. The van der Waals surface area contributed by atoms with E-state index >= 15 is 0 Å². The fourth-order valence-corrected chi connectivity index (χ4v) is 4.89. The van der Waals surface area contributed by atoms with Gasteiger partial charge < -0.3 is 0 Å². The van der Waals surface area contributed by atoms with Crippen molar-refractivity contribution in [3.05, 3.63) is 65.7 Å². The second-order valence-electron chi connectivity index (χ2n) is 6.27. The van der Waals surface area contributed by atoms with Crippen molar-refractivity contribution in [3.8, 4) is 0 Å². The van der Waals surface area contributed by atoms with Crippen LogP contribution in [0, 0.1) is 0 Å². The van der Waals surface area contributed by atoms with Crippen LogP contribution in [0.1, 0.15) is 41.0 Å². The monoisotopic (exact) mass is 387 g/mol. The van der Waals surface area contributed by atoms with E-state index in [0.717, 1.165) is 4.46 Å². The summed E-state index contributed by atoms with van der Waals surface area (Å²) in [6.45, 7) is 3.54. The average Bonchev–Trinajstić information content (AvgIpc) is 2.80. The van der Waals surface area contributed by atoms with E-state index in [0.29, 0.717) is 11.1 Å². The molecule has 24 heavy (non-hydrogen) atoms. The van der Waals surface area contributed by atoms with Crippen LogP contribution < -0.4 is 4.46 Å². The third kappa shape index (κ3) is 3.05. The third-order valence-corrected chi connectivity index (χ3v) is 5.80. The number of carbonyl (C=O) groups is 3. The zero-order valence-electron chi connectivity index (χ0n) is 13.5. The molecule has 0 aliphatic carbocycles. The van der Waals surface area contributed by atoms with Gasteiger partial charge in [-0.15, -0.1) is 0 Å². The first-order valence-electron chi connectivity index (χ1n) is 7.64. The summed E-state index contributed by atoms with van der Waals surface area (Å²) >= 11 is -0.322. The number of carbonyl (C=O) groups excluding carboxylic acids is 3. The Morgan fingerprint density at radius 1 is 0.917 bits per heavy atom. The molecule has 3 rings (SSSR count). The molecule has 0 radical (unpaired) electrons. The van der Waals surface area contributed by atoms with Crippen LogP contribution in [0.15, 0.2) is 54.6 Å². The molecule has 2 aromatic carbocycles. The quantitative estimate of drug-likeness (QED) is 0.584. The van der Waals surface area contributed by atoms with Gasteiger partial charge in [-0.3, -0.25) is 0 Å². The first-order chi connectivity index (χ1) is 11.4. The fourth-order valence-electron chi connectivity index (χ4n) is 2.83. The summed E-state index contributed by atoms with van der Waals surface area (Å²) in [5.41, 5.74) is -0.0194. The van der Waals surface area contributed by atoms with E-state index in [1.807, 2.05) is 30.3 Å². The molecule has 0 atom stereocenters. The first kappa shape index (κ1) is 16.6. The Morgan fingerprint density at radius 2 is 1.42 bits per heavy atom. The van der Waals surface area contributed by atoms with Crippen molar-refractivity contribution in [1.29, 1.82) is 0 Å². The van der Waals surface area contributed by atoms with Gasteiger partial charge in [-0.25, -0.2) is 0 Å². The molecule has 0 unspecified atom stereocenters. The standard InChI is InChI=1S/C19H17NO3Se/c1-19(2,12-16(21)24-13-8-4-3-5-9-13)20-17(22)14-10-6-7-11-15(14)18(20)23/h3-11H,12H2,1-2H3. The zero-order chi connectivity index (χ0) is 17.3. The van der Waals surface area contributed by atoms with Crippen molar-refractivity contribution in [3.63, 3.8) is 0 Å². The molecule has 0 spiro atoms. The molecule has 0 aromatic heterocycles. The van der Waals surface area contributed by atoms with Gasteiger partial charge in [0.2, 0.25) is 0 Å². The van der Waals surface area contributed by atoms with Crippen LogP contribution in [-0.2, 0) is 4.79 Å². The van der Waals surface area contributed by atoms with Crippen molar-refractivity contribution in [2.75, 3.05) is 0 Å². The topological polar surface area (TPSA) is 54.5 Å². The molecular formula is C19H17NO3Se. The van der Waals surface area contributed by atoms with Crippen LogP contribution in [0.5, 0.6) is 0 Å². The van der Waals surface area contributed by atoms with E-state index in [2.05, 4.69) is 0 Å². The van der Waals surface area contributed by atoms with E-state index in [1.54, 1.807) is 38.1 Å². The summed E-state index contributed by atoms with van der Waals surface area (Å²) in [7, 11) is 0. The number of nitrogens with zero attached hydrogens (tertiary/aromatic N) is 1. The number of benzene rings is 2. The maximum atomic E-state index is 12.6. The third-order valence-electron chi connectivity index (χ3n) is 3.95. The molecule has 2 amide bonds. The van der Waals surface area contributed by atoms with E-state index in [1.165, 1.54) is 4.90 Å². The Balaban J connectivity index is 1.78.